The molecule has 3 aromatic rings. The molecule has 2 N–H and O–H groups in total. The van der Waals surface area contributed by atoms with Crippen molar-refractivity contribution in [2.45, 2.75) is 45.4 Å². The predicted molar refractivity (Wildman–Crippen MR) is 99.5 cm³/mol. The van der Waals surface area contributed by atoms with Gasteiger partial charge in [-0.15, -0.1) is 0 Å². The molecule has 4 rings (SSSR count). The van der Waals surface area contributed by atoms with Crippen LogP contribution < -0.4 is 5.73 Å². The summed E-state index contributed by atoms with van der Waals surface area (Å²) in [7, 11) is 0. The zero-order valence-electron chi connectivity index (χ0n) is 14.5. The lowest BCUT2D eigenvalue weighted by Crippen LogP contribution is -2.12. The molecule has 24 heavy (non-hydrogen) atoms. The molecule has 0 saturated heterocycles. The number of aryl methyl sites for hydroxylation is 3. The average molecular weight is 319 g/mol. The van der Waals surface area contributed by atoms with E-state index in [1.807, 2.05) is 0 Å². The first-order valence-electron chi connectivity index (χ1n) is 8.98. The minimum absolute atomic E-state index is 0.271. The van der Waals surface area contributed by atoms with E-state index >= 15 is 0 Å². The van der Waals surface area contributed by atoms with Gasteiger partial charge in [-0.3, -0.25) is 0 Å². The molecule has 1 unspecified atom stereocenters. The Bertz CT molecular complexity index is 891. The van der Waals surface area contributed by atoms with Crippen LogP contribution >= 0.6 is 0 Å². The first-order valence-corrected chi connectivity index (χ1v) is 8.98. The van der Waals surface area contributed by atoms with Crippen LogP contribution in [0.2, 0.25) is 0 Å². The summed E-state index contributed by atoms with van der Waals surface area (Å²) in [5.74, 6) is 0.271. The summed E-state index contributed by atoms with van der Waals surface area (Å²) in [5.41, 5.74) is 14.8. The molecular formula is C21H25N3. The number of pyridine rings is 1. The second-order valence-corrected chi connectivity index (χ2v) is 7.11. The first-order chi connectivity index (χ1) is 11.7. The van der Waals surface area contributed by atoms with Gasteiger partial charge in [0.25, 0.3) is 0 Å². The van der Waals surface area contributed by atoms with Gasteiger partial charge < -0.3 is 10.1 Å². The predicted octanol–water partition coefficient (Wildman–Crippen LogP) is 4.25. The topological polar surface area (TPSA) is 43.3 Å². The molecule has 0 amide bonds. The van der Waals surface area contributed by atoms with Crippen molar-refractivity contribution in [2.24, 2.45) is 5.73 Å². The number of aromatic nitrogens is 2. The molecule has 124 valence electrons. The van der Waals surface area contributed by atoms with Gasteiger partial charge in [0, 0.05) is 24.2 Å². The maximum atomic E-state index is 6.01. The van der Waals surface area contributed by atoms with E-state index in [4.69, 9.17) is 10.7 Å². The molecule has 1 aromatic carbocycles. The standard InChI is InChI=1S/C21H25N3/c1-14-7-10-19-23-20(21(15(2)12-22)24(19)13-14)18-9-8-16-5-3-4-6-17(16)11-18/h7-11,13,15H,3-6,12,22H2,1-2H3. The van der Waals surface area contributed by atoms with Crippen LogP contribution in [-0.2, 0) is 12.8 Å². The molecule has 0 spiro atoms. The van der Waals surface area contributed by atoms with Crippen molar-refractivity contribution < 1.29 is 0 Å². The largest absolute Gasteiger partial charge is 0.330 e. The maximum absolute atomic E-state index is 6.01. The summed E-state index contributed by atoms with van der Waals surface area (Å²) in [4.78, 5) is 4.95. The van der Waals surface area contributed by atoms with Crippen LogP contribution in [0.5, 0.6) is 0 Å². The Kier molecular flexibility index (Phi) is 3.89. The number of rotatable bonds is 3. The summed E-state index contributed by atoms with van der Waals surface area (Å²) in [5, 5.41) is 0. The number of hydrogen-bond acceptors (Lipinski definition) is 2. The minimum Gasteiger partial charge on any atom is -0.330 e. The van der Waals surface area contributed by atoms with Crippen molar-refractivity contribution in [3.05, 3.63) is 58.9 Å². The zero-order valence-corrected chi connectivity index (χ0v) is 14.5. The Labute approximate surface area is 143 Å². The summed E-state index contributed by atoms with van der Waals surface area (Å²) >= 11 is 0. The lowest BCUT2D eigenvalue weighted by molar-refractivity contribution is 0.685. The van der Waals surface area contributed by atoms with Crippen LogP contribution in [0.3, 0.4) is 0 Å². The van der Waals surface area contributed by atoms with E-state index in [1.165, 1.54) is 53.6 Å². The molecule has 2 heterocycles. The van der Waals surface area contributed by atoms with Crippen molar-refractivity contribution in [2.75, 3.05) is 6.54 Å². The number of hydrogen-bond donors (Lipinski definition) is 1. The van der Waals surface area contributed by atoms with Gasteiger partial charge in [0.2, 0.25) is 0 Å². The van der Waals surface area contributed by atoms with Crippen molar-refractivity contribution >= 4 is 5.65 Å². The van der Waals surface area contributed by atoms with E-state index in [9.17, 15) is 0 Å². The van der Waals surface area contributed by atoms with Gasteiger partial charge in [-0.1, -0.05) is 25.1 Å². The van der Waals surface area contributed by atoms with Gasteiger partial charge in [-0.2, -0.15) is 0 Å². The molecule has 0 saturated carbocycles. The zero-order chi connectivity index (χ0) is 16.7. The molecule has 0 radical (unpaired) electrons. The third-order valence-electron chi connectivity index (χ3n) is 5.25. The Morgan fingerprint density at radius 1 is 1.12 bits per heavy atom. The second-order valence-electron chi connectivity index (χ2n) is 7.11. The monoisotopic (exact) mass is 319 g/mol. The van der Waals surface area contributed by atoms with Crippen LogP contribution in [-0.4, -0.2) is 15.9 Å². The van der Waals surface area contributed by atoms with E-state index in [2.05, 4.69) is 54.8 Å². The van der Waals surface area contributed by atoms with Crippen molar-refractivity contribution in [1.29, 1.82) is 0 Å². The van der Waals surface area contributed by atoms with Crippen molar-refractivity contribution in [1.82, 2.24) is 9.38 Å². The first kappa shape index (κ1) is 15.4. The SMILES string of the molecule is Cc1ccc2nc(-c3ccc4c(c3)CCCC4)c(C(C)CN)n2c1. The lowest BCUT2D eigenvalue weighted by Gasteiger charge is -2.17. The van der Waals surface area contributed by atoms with Gasteiger partial charge >= 0.3 is 0 Å². The Balaban J connectivity index is 1.92. The molecule has 3 nitrogen and oxygen atoms in total. The Morgan fingerprint density at radius 2 is 1.92 bits per heavy atom. The van der Waals surface area contributed by atoms with E-state index in [0.29, 0.717) is 6.54 Å². The van der Waals surface area contributed by atoms with E-state index in [1.54, 1.807) is 0 Å². The minimum atomic E-state index is 0.271. The fraction of sp³-hybridized carbons (Fsp3) is 0.381. The number of benzene rings is 1. The van der Waals surface area contributed by atoms with E-state index in [0.717, 1.165) is 11.3 Å². The summed E-state index contributed by atoms with van der Waals surface area (Å²) in [6.07, 6.45) is 7.19. The lowest BCUT2D eigenvalue weighted by atomic mass is 9.89. The van der Waals surface area contributed by atoms with Crippen molar-refractivity contribution in [3.63, 3.8) is 0 Å². The van der Waals surface area contributed by atoms with Gasteiger partial charge in [-0.05, 0) is 61.4 Å². The summed E-state index contributed by atoms with van der Waals surface area (Å²) in [6.45, 7) is 4.93. The van der Waals surface area contributed by atoms with Crippen LogP contribution in [0.4, 0.5) is 0 Å². The molecule has 1 aliphatic carbocycles. The van der Waals surface area contributed by atoms with Crippen molar-refractivity contribution in [3.8, 4) is 11.3 Å². The molecule has 1 atom stereocenters. The molecular weight excluding hydrogens is 294 g/mol. The number of imidazole rings is 1. The van der Waals surface area contributed by atoms with Crippen LogP contribution in [0.1, 0.15) is 48.1 Å². The van der Waals surface area contributed by atoms with Crippen LogP contribution in [0.15, 0.2) is 36.5 Å². The number of nitrogens with zero attached hydrogens (tertiary/aromatic N) is 2. The normalized spacial score (nSPS) is 15.5. The van der Waals surface area contributed by atoms with E-state index in [-0.39, 0.29) is 5.92 Å². The maximum Gasteiger partial charge on any atom is 0.137 e. The molecule has 0 fully saturated rings. The van der Waals surface area contributed by atoms with Gasteiger partial charge in [-0.25, -0.2) is 4.98 Å². The van der Waals surface area contributed by atoms with E-state index < -0.39 is 0 Å². The smallest absolute Gasteiger partial charge is 0.137 e. The number of fused-ring (bicyclic) bond motifs is 2. The Morgan fingerprint density at radius 3 is 2.71 bits per heavy atom. The van der Waals surface area contributed by atoms with Gasteiger partial charge in [0.05, 0.1) is 11.4 Å². The quantitative estimate of drug-likeness (QED) is 0.784. The molecule has 3 heteroatoms. The Hall–Kier alpha value is -2.13. The highest BCUT2D eigenvalue weighted by Crippen LogP contribution is 2.32. The summed E-state index contributed by atoms with van der Waals surface area (Å²) < 4.78 is 2.22. The fourth-order valence-corrected chi connectivity index (χ4v) is 3.84. The highest BCUT2D eigenvalue weighted by molar-refractivity contribution is 5.69. The molecule has 2 aromatic heterocycles. The third-order valence-corrected chi connectivity index (χ3v) is 5.25. The molecule has 1 aliphatic rings. The van der Waals surface area contributed by atoms with Gasteiger partial charge in [0.1, 0.15) is 5.65 Å². The highest BCUT2D eigenvalue weighted by Gasteiger charge is 2.20. The average Bonchev–Trinajstić information content (AvgIpc) is 2.99. The van der Waals surface area contributed by atoms with Gasteiger partial charge in [0.15, 0.2) is 0 Å². The second kappa shape index (κ2) is 6.06. The fourth-order valence-electron chi connectivity index (χ4n) is 3.84. The van der Waals surface area contributed by atoms with Crippen LogP contribution in [0.25, 0.3) is 16.9 Å². The van der Waals surface area contributed by atoms with Crippen LogP contribution in [0, 0.1) is 6.92 Å². The highest BCUT2D eigenvalue weighted by atomic mass is 15.0. The third kappa shape index (κ3) is 2.53. The number of nitrogens with two attached hydrogens (primary N) is 1. The summed E-state index contributed by atoms with van der Waals surface area (Å²) in [6, 6.07) is 11.1. The molecule has 0 bridgehead atoms. The molecule has 0 aliphatic heterocycles.